The highest BCUT2D eigenvalue weighted by atomic mass is 16.5. The van der Waals surface area contributed by atoms with Gasteiger partial charge in [-0.25, -0.2) is 0 Å². The third kappa shape index (κ3) is 4.78. The van der Waals surface area contributed by atoms with E-state index in [4.69, 9.17) is 14.2 Å². The highest BCUT2D eigenvalue weighted by Crippen LogP contribution is 2.39. The predicted molar refractivity (Wildman–Crippen MR) is 124 cm³/mol. The molecular formula is C27H29NO4. The number of carbonyl (C=O) groups excluding carboxylic acids is 1. The fourth-order valence-corrected chi connectivity index (χ4v) is 4.34. The van der Waals surface area contributed by atoms with Gasteiger partial charge in [0.25, 0.3) is 0 Å². The van der Waals surface area contributed by atoms with E-state index in [2.05, 4.69) is 11.0 Å². The average Bonchev–Trinajstić information content (AvgIpc) is 2.82. The lowest BCUT2D eigenvalue weighted by atomic mass is 9.89. The summed E-state index contributed by atoms with van der Waals surface area (Å²) in [5.74, 6) is 2.29. The minimum atomic E-state index is -0.318. The highest BCUT2D eigenvalue weighted by Gasteiger charge is 2.32. The molecule has 1 heterocycles. The van der Waals surface area contributed by atoms with Crippen LogP contribution in [-0.2, 0) is 24.4 Å². The number of ether oxygens (including phenoxy) is 3. The molecule has 0 spiro atoms. The first-order chi connectivity index (χ1) is 15.6. The maximum atomic E-state index is 12.7. The van der Waals surface area contributed by atoms with Crippen LogP contribution in [0.5, 0.6) is 17.2 Å². The van der Waals surface area contributed by atoms with Gasteiger partial charge in [-0.15, -0.1) is 0 Å². The second-order valence-corrected chi connectivity index (χ2v) is 8.06. The van der Waals surface area contributed by atoms with Gasteiger partial charge in [0.2, 0.25) is 0 Å². The van der Waals surface area contributed by atoms with Crippen molar-refractivity contribution >= 4 is 5.78 Å². The van der Waals surface area contributed by atoms with Crippen LogP contribution in [0.3, 0.4) is 0 Å². The van der Waals surface area contributed by atoms with Crippen LogP contribution in [0.4, 0.5) is 0 Å². The van der Waals surface area contributed by atoms with E-state index >= 15 is 0 Å². The number of Topliss-reactive ketones (excluding diaryl/α,β-unsaturated/α-hetero) is 1. The molecule has 5 nitrogen and oxygen atoms in total. The number of carbonyl (C=O) groups is 1. The first-order valence-electron chi connectivity index (χ1n) is 10.8. The zero-order valence-electron chi connectivity index (χ0n) is 18.8. The van der Waals surface area contributed by atoms with Crippen LogP contribution in [0.15, 0.2) is 66.7 Å². The Hall–Kier alpha value is -3.31. The summed E-state index contributed by atoms with van der Waals surface area (Å²) in [4.78, 5) is 15.0. The lowest BCUT2D eigenvalue weighted by Gasteiger charge is -2.36. The van der Waals surface area contributed by atoms with Crippen LogP contribution in [0.2, 0.25) is 0 Å². The molecule has 0 amide bonds. The predicted octanol–water partition coefficient (Wildman–Crippen LogP) is 4.97. The molecule has 0 N–H and O–H groups in total. The monoisotopic (exact) mass is 431 g/mol. The molecule has 5 heteroatoms. The Morgan fingerprint density at radius 1 is 0.938 bits per heavy atom. The van der Waals surface area contributed by atoms with Crippen LogP contribution in [0.25, 0.3) is 0 Å². The summed E-state index contributed by atoms with van der Waals surface area (Å²) < 4.78 is 17.1. The molecule has 4 rings (SSSR count). The Morgan fingerprint density at radius 2 is 1.72 bits per heavy atom. The summed E-state index contributed by atoms with van der Waals surface area (Å²) >= 11 is 0. The van der Waals surface area contributed by atoms with Gasteiger partial charge in [-0.1, -0.05) is 42.5 Å². The smallest absolute Gasteiger partial charge is 0.161 e. The number of benzene rings is 3. The summed E-state index contributed by atoms with van der Waals surface area (Å²) in [5, 5.41) is 0. The molecule has 1 aliphatic heterocycles. The Balaban J connectivity index is 1.60. The van der Waals surface area contributed by atoms with E-state index in [0.717, 1.165) is 41.0 Å². The number of nitrogens with zero attached hydrogens (tertiary/aromatic N) is 1. The summed E-state index contributed by atoms with van der Waals surface area (Å²) in [7, 11) is 3.30. The third-order valence-corrected chi connectivity index (χ3v) is 5.90. The van der Waals surface area contributed by atoms with Crippen molar-refractivity contribution in [3.63, 3.8) is 0 Å². The van der Waals surface area contributed by atoms with Gasteiger partial charge in [0.05, 0.1) is 20.3 Å². The van der Waals surface area contributed by atoms with Gasteiger partial charge in [0, 0.05) is 13.1 Å². The largest absolute Gasteiger partial charge is 0.497 e. The van der Waals surface area contributed by atoms with Crippen LogP contribution in [0, 0.1) is 0 Å². The molecule has 1 aliphatic rings. The molecule has 0 aliphatic carbocycles. The van der Waals surface area contributed by atoms with Gasteiger partial charge in [0.1, 0.15) is 12.4 Å². The molecule has 32 heavy (non-hydrogen) atoms. The standard InChI is InChI=1S/C27H29NO4/c1-19(29)27-24-16-25(31-3)26(32-18-20-8-5-4-6-9-20)15-22(24)12-13-28(27)17-21-10-7-11-23(14-21)30-2/h4-11,14-16,27H,12-13,17-18H2,1-3H3. The van der Waals surface area contributed by atoms with Crippen molar-refractivity contribution in [1.29, 1.82) is 0 Å². The topological polar surface area (TPSA) is 48.0 Å². The van der Waals surface area contributed by atoms with Gasteiger partial charge in [-0.3, -0.25) is 9.69 Å². The second-order valence-electron chi connectivity index (χ2n) is 8.06. The SMILES string of the molecule is COc1cccc(CN2CCc3cc(OCc4ccccc4)c(OC)cc3C2C(C)=O)c1. The number of hydrogen-bond donors (Lipinski definition) is 0. The van der Waals surface area contributed by atoms with Crippen molar-refractivity contribution in [2.45, 2.75) is 32.5 Å². The van der Waals surface area contributed by atoms with Crippen LogP contribution >= 0.6 is 0 Å². The number of methoxy groups -OCH3 is 2. The van der Waals surface area contributed by atoms with Gasteiger partial charge in [-0.2, -0.15) is 0 Å². The molecule has 0 radical (unpaired) electrons. The first-order valence-corrected chi connectivity index (χ1v) is 10.8. The lowest BCUT2D eigenvalue weighted by Crippen LogP contribution is -2.38. The van der Waals surface area contributed by atoms with Crippen LogP contribution < -0.4 is 14.2 Å². The Kier molecular flexibility index (Phi) is 6.76. The summed E-state index contributed by atoms with van der Waals surface area (Å²) in [6.07, 6.45) is 0.842. The van der Waals surface area contributed by atoms with Crippen molar-refractivity contribution in [1.82, 2.24) is 4.90 Å². The van der Waals surface area contributed by atoms with E-state index in [9.17, 15) is 4.79 Å². The number of fused-ring (bicyclic) bond motifs is 1. The molecule has 0 bridgehead atoms. The lowest BCUT2D eigenvalue weighted by molar-refractivity contribution is -0.123. The molecule has 0 fully saturated rings. The average molecular weight is 432 g/mol. The van der Waals surface area contributed by atoms with Gasteiger partial charge >= 0.3 is 0 Å². The molecule has 0 saturated heterocycles. The Labute approximate surface area is 189 Å². The zero-order chi connectivity index (χ0) is 22.5. The zero-order valence-corrected chi connectivity index (χ0v) is 18.8. The molecular weight excluding hydrogens is 402 g/mol. The summed E-state index contributed by atoms with van der Waals surface area (Å²) in [5.41, 5.74) is 4.35. The van der Waals surface area contributed by atoms with E-state index in [1.807, 2.05) is 60.7 Å². The fraction of sp³-hybridized carbons (Fsp3) is 0.296. The van der Waals surface area contributed by atoms with Crippen LogP contribution in [-0.4, -0.2) is 31.4 Å². The number of ketones is 1. The van der Waals surface area contributed by atoms with E-state index < -0.39 is 0 Å². The quantitative estimate of drug-likeness (QED) is 0.504. The van der Waals surface area contributed by atoms with Crippen molar-refractivity contribution in [3.8, 4) is 17.2 Å². The molecule has 1 atom stereocenters. The van der Waals surface area contributed by atoms with E-state index in [0.29, 0.717) is 24.7 Å². The van der Waals surface area contributed by atoms with Crippen molar-refractivity contribution in [2.75, 3.05) is 20.8 Å². The molecule has 3 aromatic carbocycles. The van der Waals surface area contributed by atoms with Crippen molar-refractivity contribution < 1.29 is 19.0 Å². The first kappa shape index (κ1) is 21.9. The minimum absolute atomic E-state index is 0.119. The van der Waals surface area contributed by atoms with E-state index in [-0.39, 0.29) is 11.8 Å². The third-order valence-electron chi connectivity index (χ3n) is 5.90. The molecule has 0 aromatic heterocycles. The summed E-state index contributed by atoms with van der Waals surface area (Å²) in [6.45, 7) is 3.59. The summed E-state index contributed by atoms with van der Waals surface area (Å²) in [6, 6.07) is 21.7. The Bertz CT molecular complexity index is 1080. The molecule has 0 saturated carbocycles. The van der Waals surface area contributed by atoms with E-state index in [1.54, 1.807) is 21.1 Å². The Morgan fingerprint density at radius 3 is 2.44 bits per heavy atom. The van der Waals surface area contributed by atoms with Gasteiger partial charge in [-0.05, 0) is 59.9 Å². The van der Waals surface area contributed by atoms with Crippen molar-refractivity contribution in [3.05, 3.63) is 89.0 Å². The number of hydrogen-bond acceptors (Lipinski definition) is 5. The fourth-order valence-electron chi connectivity index (χ4n) is 4.34. The van der Waals surface area contributed by atoms with E-state index in [1.165, 1.54) is 0 Å². The minimum Gasteiger partial charge on any atom is -0.497 e. The highest BCUT2D eigenvalue weighted by molar-refractivity contribution is 5.84. The molecule has 166 valence electrons. The van der Waals surface area contributed by atoms with Gasteiger partial charge in [0.15, 0.2) is 17.3 Å². The van der Waals surface area contributed by atoms with Crippen molar-refractivity contribution in [2.24, 2.45) is 0 Å². The second kappa shape index (κ2) is 9.88. The number of rotatable bonds is 8. The molecule has 1 unspecified atom stereocenters. The maximum absolute atomic E-state index is 12.7. The molecule has 3 aromatic rings. The normalized spacial score (nSPS) is 15.7. The maximum Gasteiger partial charge on any atom is 0.161 e. The van der Waals surface area contributed by atoms with Gasteiger partial charge < -0.3 is 14.2 Å². The van der Waals surface area contributed by atoms with Crippen LogP contribution in [0.1, 0.15) is 35.2 Å².